The summed E-state index contributed by atoms with van der Waals surface area (Å²) in [5.74, 6) is -1.00. The van der Waals surface area contributed by atoms with Gasteiger partial charge in [-0.2, -0.15) is 0 Å². The number of rotatable bonds is 9. The van der Waals surface area contributed by atoms with Gasteiger partial charge >= 0.3 is 5.97 Å². The highest BCUT2D eigenvalue weighted by Gasteiger charge is 2.10. The first kappa shape index (κ1) is 21.8. The Labute approximate surface area is 180 Å². The SMILES string of the molecule is C[C@@H](CNc1cccc(-c2cncc(C(=O)O)c2)c1)NC[C@H](O)c1cccc(Cl)c1. The highest BCUT2D eigenvalue weighted by molar-refractivity contribution is 6.30. The summed E-state index contributed by atoms with van der Waals surface area (Å²) in [5.41, 5.74) is 3.47. The summed E-state index contributed by atoms with van der Waals surface area (Å²) in [7, 11) is 0. The summed E-state index contributed by atoms with van der Waals surface area (Å²) in [6.45, 7) is 3.10. The highest BCUT2D eigenvalue weighted by Crippen LogP contribution is 2.23. The van der Waals surface area contributed by atoms with Gasteiger partial charge in [-0.1, -0.05) is 35.9 Å². The van der Waals surface area contributed by atoms with Crippen LogP contribution in [0.5, 0.6) is 0 Å². The van der Waals surface area contributed by atoms with Crippen molar-refractivity contribution in [2.45, 2.75) is 19.1 Å². The van der Waals surface area contributed by atoms with Crippen molar-refractivity contribution in [1.82, 2.24) is 10.3 Å². The van der Waals surface area contributed by atoms with Crippen molar-refractivity contribution in [2.24, 2.45) is 0 Å². The van der Waals surface area contributed by atoms with Gasteiger partial charge in [0.05, 0.1) is 11.7 Å². The van der Waals surface area contributed by atoms with Crippen molar-refractivity contribution < 1.29 is 15.0 Å². The molecule has 0 amide bonds. The maximum atomic E-state index is 11.2. The molecule has 0 fully saturated rings. The van der Waals surface area contributed by atoms with Crippen LogP contribution in [0.25, 0.3) is 11.1 Å². The number of aromatic nitrogens is 1. The number of nitrogens with one attached hydrogen (secondary N) is 2. The van der Waals surface area contributed by atoms with E-state index < -0.39 is 12.1 Å². The zero-order valence-corrected chi connectivity index (χ0v) is 17.3. The van der Waals surface area contributed by atoms with Crippen LogP contribution in [0.2, 0.25) is 5.02 Å². The summed E-state index contributed by atoms with van der Waals surface area (Å²) in [5, 5.41) is 26.7. The number of anilines is 1. The molecule has 2 aromatic carbocycles. The molecule has 3 rings (SSSR count). The number of hydrogen-bond donors (Lipinski definition) is 4. The van der Waals surface area contributed by atoms with E-state index in [4.69, 9.17) is 16.7 Å². The molecular weight excluding hydrogens is 402 g/mol. The number of benzene rings is 2. The number of carboxylic acid groups (broad SMARTS) is 1. The fraction of sp³-hybridized carbons (Fsp3) is 0.217. The number of hydrogen-bond acceptors (Lipinski definition) is 5. The van der Waals surface area contributed by atoms with Crippen LogP contribution in [0.3, 0.4) is 0 Å². The number of aliphatic hydroxyl groups excluding tert-OH is 1. The Morgan fingerprint density at radius 1 is 1.07 bits per heavy atom. The van der Waals surface area contributed by atoms with Gasteiger partial charge in [0.25, 0.3) is 0 Å². The summed E-state index contributed by atoms with van der Waals surface area (Å²) in [4.78, 5) is 15.2. The third-order valence-corrected chi connectivity index (χ3v) is 4.92. The van der Waals surface area contributed by atoms with Crippen LogP contribution < -0.4 is 10.6 Å². The average molecular weight is 426 g/mol. The van der Waals surface area contributed by atoms with Crippen molar-refractivity contribution in [2.75, 3.05) is 18.4 Å². The Hall–Kier alpha value is -2.93. The molecule has 7 heteroatoms. The van der Waals surface area contributed by atoms with E-state index >= 15 is 0 Å². The molecule has 1 heterocycles. The second-order valence-corrected chi connectivity index (χ2v) is 7.55. The van der Waals surface area contributed by atoms with E-state index in [2.05, 4.69) is 15.6 Å². The molecule has 0 bridgehead atoms. The molecule has 3 aromatic rings. The zero-order valence-electron chi connectivity index (χ0n) is 16.5. The van der Waals surface area contributed by atoms with E-state index in [1.165, 1.54) is 6.20 Å². The molecule has 0 aliphatic rings. The number of carboxylic acids is 1. The van der Waals surface area contributed by atoms with E-state index in [1.807, 2.05) is 43.3 Å². The molecule has 0 radical (unpaired) electrons. The number of halogens is 1. The molecule has 0 saturated carbocycles. The minimum Gasteiger partial charge on any atom is -0.478 e. The molecule has 0 spiro atoms. The van der Waals surface area contributed by atoms with Crippen LogP contribution in [0.1, 0.15) is 28.9 Å². The van der Waals surface area contributed by atoms with Gasteiger partial charge in [-0.25, -0.2) is 4.79 Å². The predicted octanol–water partition coefficient (Wildman–Crippen LogP) is 4.22. The highest BCUT2D eigenvalue weighted by atomic mass is 35.5. The Morgan fingerprint density at radius 2 is 1.87 bits per heavy atom. The summed E-state index contributed by atoms with van der Waals surface area (Å²) in [6, 6.07) is 16.7. The van der Waals surface area contributed by atoms with E-state index in [0.717, 1.165) is 22.4 Å². The van der Waals surface area contributed by atoms with Crippen molar-refractivity contribution in [3.8, 4) is 11.1 Å². The molecule has 2 atom stereocenters. The monoisotopic (exact) mass is 425 g/mol. The Morgan fingerprint density at radius 3 is 2.63 bits per heavy atom. The third kappa shape index (κ3) is 6.03. The normalized spacial score (nSPS) is 12.9. The summed E-state index contributed by atoms with van der Waals surface area (Å²) >= 11 is 5.98. The lowest BCUT2D eigenvalue weighted by Crippen LogP contribution is -2.35. The first-order valence-corrected chi connectivity index (χ1v) is 10.00. The third-order valence-electron chi connectivity index (χ3n) is 4.69. The number of carbonyl (C=O) groups is 1. The lowest BCUT2D eigenvalue weighted by atomic mass is 10.1. The first-order valence-electron chi connectivity index (χ1n) is 9.62. The quantitative estimate of drug-likeness (QED) is 0.410. The maximum Gasteiger partial charge on any atom is 0.337 e. The van der Waals surface area contributed by atoms with Gasteiger partial charge in [0.15, 0.2) is 0 Å². The number of aliphatic hydroxyl groups is 1. The molecule has 0 saturated heterocycles. The van der Waals surface area contributed by atoms with Crippen molar-refractivity contribution in [1.29, 1.82) is 0 Å². The fourth-order valence-corrected chi connectivity index (χ4v) is 3.21. The Kier molecular flexibility index (Phi) is 7.41. The Bertz CT molecular complexity index is 1010. The topological polar surface area (TPSA) is 94.5 Å². The average Bonchev–Trinajstić information content (AvgIpc) is 2.76. The van der Waals surface area contributed by atoms with Crippen molar-refractivity contribution >= 4 is 23.3 Å². The minimum absolute atomic E-state index is 0.111. The van der Waals surface area contributed by atoms with Gasteiger partial charge < -0.3 is 20.8 Å². The minimum atomic E-state index is -1.00. The largest absolute Gasteiger partial charge is 0.478 e. The number of aromatic carboxylic acids is 1. The lowest BCUT2D eigenvalue weighted by Gasteiger charge is -2.19. The van der Waals surface area contributed by atoms with Gasteiger partial charge in [-0.15, -0.1) is 0 Å². The van der Waals surface area contributed by atoms with Crippen LogP contribution in [-0.4, -0.2) is 40.3 Å². The number of pyridine rings is 1. The van der Waals surface area contributed by atoms with E-state index in [-0.39, 0.29) is 11.6 Å². The number of nitrogens with zero attached hydrogens (tertiary/aromatic N) is 1. The van der Waals surface area contributed by atoms with Crippen molar-refractivity contribution in [3.63, 3.8) is 0 Å². The molecule has 1 aromatic heterocycles. The summed E-state index contributed by atoms with van der Waals surface area (Å²) in [6.07, 6.45) is 2.34. The molecular formula is C23H24ClN3O3. The van der Waals surface area contributed by atoms with E-state index in [1.54, 1.807) is 24.4 Å². The predicted molar refractivity (Wildman–Crippen MR) is 119 cm³/mol. The summed E-state index contributed by atoms with van der Waals surface area (Å²) < 4.78 is 0. The molecule has 4 N–H and O–H groups in total. The molecule has 0 unspecified atom stereocenters. The van der Waals surface area contributed by atoms with Gasteiger partial charge in [0.1, 0.15) is 0 Å². The van der Waals surface area contributed by atoms with Crippen molar-refractivity contribution in [3.05, 3.63) is 83.1 Å². The molecule has 0 aliphatic heterocycles. The second-order valence-electron chi connectivity index (χ2n) is 7.11. The van der Waals surface area contributed by atoms with Crippen LogP contribution >= 0.6 is 11.6 Å². The molecule has 0 aliphatic carbocycles. The maximum absolute atomic E-state index is 11.2. The van der Waals surface area contributed by atoms with E-state index in [0.29, 0.717) is 18.1 Å². The van der Waals surface area contributed by atoms with Crippen LogP contribution in [-0.2, 0) is 0 Å². The Balaban J connectivity index is 1.55. The van der Waals surface area contributed by atoms with Crippen LogP contribution in [0.15, 0.2) is 67.0 Å². The zero-order chi connectivity index (χ0) is 21.5. The molecule has 30 heavy (non-hydrogen) atoms. The smallest absolute Gasteiger partial charge is 0.337 e. The van der Waals surface area contributed by atoms with Gasteiger partial charge in [0, 0.05) is 47.8 Å². The first-order chi connectivity index (χ1) is 14.4. The lowest BCUT2D eigenvalue weighted by molar-refractivity contribution is 0.0696. The van der Waals surface area contributed by atoms with Gasteiger partial charge in [-0.3, -0.25) is 4.98 Å². The standard InChI is InChI=1S/C23H24ClN3O3/c1-15(26-14-22(28)17-5-2-6-20(24)9-17)11-27-21-7-3-4-16(10-21)18-8-19(23(29)30)13-25-12-18/h2-10,12-13,15,22,26-28H,11,14H2,1H3,(H,29,30)/t15-,22-/m0/s1. The van der Waals surface area contributed by atoms with Gasteiger partial charge in [0.2, 0.25) is 0 Å². The van der Waals surface area contributed by atoms with E-state index in [9.17, 15) is 9.90 Å². The van der Waals surface area contributed by atoms with Crippen LogP contribution in [0.4, 0.5) is 5.69 Å². The molecule has 156 valence electrons. The van der Waals surface area contributed by atoms with Crippen LogP contribution in [0, 0.1) is 0 Å². The van der Waals surface area contributed by atoms with Gasteiger partial charge in [-0.05, 0) is 48.4 Å². The second kappa shape index (κ2) is 10.2. The fourth-order valence-electron chi connectivity index (χ4n) is 3.01. The molecule has 6 nitrogen and oxygen atoms in total.